The molecule has 0 bridgehead atoms. The third-order valence-corrected chi connectivity index (χ3v) is 15.7. The van der Waals surface area contributed by atoms with E-state index in [1.165, 1.54) is 263 Å². The molecule has 0 rings (SSSR count). The second-order valence-corrected chi connectivity index (χ2v) is 24.8. The molecule has 0 N–H and O–H groups in total. The Morgan fingerprint density at radius 3 is 1.01 bits per heavy atom. The minimum atomic E-state index is -1.62. The summed E-state index contributed by atoms with van der Waals surface area (Å²) < 4.78 is 22.8. The third kappa shape index (κ3) is 63.2. The van der Waals surface area contributed by atoms with Crippen LogP contribution in [0.2, 0.25) is 0 Å². The number of carboxylic acid groups (broad SMARTS) is 1. The van der Waals surface area contributed by atoms with Gasteiger partial charge in [-0.1, -0.05) is 314 Å². The van der Waals surface area contributed by atoms with Gasteiger partial charge < -0.3 is 33.3 Å². The first kappa shape index (κ1) is 76.8. The summed E-state index contributed by atoms with van der Waals surface area (Å²) in [6, 6.07) is 0. The number of aliphatic carboxylic acids is 1. The maximum Gasteiger partial charge on any atom is 0.306 e. The number of hydrogen-bond acceptors (Lipinski definition) is 8. The molecule has 0 aromatic heterocycles. The average molecular weight is 1120 g/mol. The van der Waals surface area contributed by atoms with Crippen molar-refractivity contribution in [2.45, 2.75) is 360 Å². The van der Waals surface area contributed by atoms with Crippen LogP contribution in [0, 0.1) is 0 Å². The first-order valence-corrected chi connectivity index (χ1v) is 34.5. The van der Waals surface area contributed by atoms with Gasteiger partial charge in [0.05, 0.1) is 40.3 Å². The van der Waals surface area contributed by atoms with Crippen molar-refractivity contribution in [3.63, 3.8) is 0 Å². The summed E-state index contributed by atoms with van der Waals surface area (Å²) in [6.07, 6.45) is 72.8. The predicted octanol–water partition coefficient (Wildman–Crippen LogP) is 19.7. The fourth-order valence-electron chi connectivity index (χ4n) is 10.4. The van der Waals surface area contributed by atoms with E-state index in [9.17, 15) is 19.5 Å². The summed E-state index contributed by atoms with van der Waals surface area (Å²) in [5.74, 6) is -2.27. The molecule has 0 spiro atoms. The van der Waals surface area contributed by atoms with Crippen LogP contribution in [0.15, 0.2) is 24.3 Å². The molecule has 0 aliphatic rings. The number of esters is 2. The van der Waals surface area contributed by atoms with E-state index in [-0.39, 0.29) is 32.2 Å². The van der Waals surface area contributed by atoms with Gasteiger partial charge in [-0.3, -0.25) is 9.59 Å². The highest BCUT2D eigenvalue weighted by Gasteiger charge is 2.22. The van der Waals surface area contributed by atoms with Gasteiger partial charge in [0, 0.05) is 12.8 Å². The van der Waals surface area contributed by atoms with Gasteiger partial charge in [-0.25, -0.2) is 0 Å². The van der Waals surface area contributed by atoms with Crippen LogP contribution in [-0.2, 0) is 33.3 Å². The van der Waals surface area contributed by atoms with Crippen molar-refractivity contribution in [3.05, 3.63) is 24.3 Å². The quantitative estimate of drug-likeness (QED) is 0.0195. The molecule has 0 aromatic rings. The van der Waals surface area contributed by atoms with Gasteiger partial charge in [-0.2, -0.15) is 0 Å². The first-order chi connectivity index (χ1) is 38.6. The number of ether oxygens (including phenoxy) is 4. The lowest BCUT2D eigenvalue weighted by molar-refractivity contribution is -0.870. The Labute approximate surface area is 490 Å². The molecule has 0 amide bonds. The number of rotatable bonds is 65. The zero-order chi connectivity index (χ0) is 57.6. The van der Waals surface area contributed by atoms with Gasteiger partial charge in [0.2, 0.25) is 0 Å². The summed E-state index contributed by atoms with van der Waals surface area (Å²) in [7, 11) is 5.93. The van der Waals surface area contributed by atoms with Crippen molar-refractivity contribution in [3.8, 4) is 0 Å². The summed E-state index contributed by atoms with van der Waals surface area (Å²) >= 11 is 0. The Bertz CT molecular complexity index is 1340. The van der Waals surface area contributed by atoms with Crippen molar-refractivity contribution in [2.24, 2.45) is 0 Å². The Morgan fingerprint density at radius 2 is 0.684 bits per heavy atom. The molecular weight excluding hydrogens is 983 g/mol. The van der Waals surface area contributed by atoms with E-state index in [0.717, 1.165) is 51.4 Å². The molecule has 2 atom stereocenters. The van der Waals surface area contributed by atoms with Gasteiger partial charge in [0.25, 0.3) is 0 Å². The van der Waals surface area contributed by atoms with Crippen LogP contribution in [0.3, 0.4) is 0 Å². The van der Waals surface area contributed by atoms with Crippen LogP contribution in [-0.4, -0.2) is 82.3 Å². The number of allylic oxidation sites excluding steroid dienone is 4. The van der Waals surface area contributed by atoms with Gasteiger partial charge in [-0.15, -0.1) is 0 Å². The van der Waals surface area contributed by atoms with E-state index in [1.54, 1.807) is 0 Å². The zero-order valence-electron chi connectivity index (χ0n) is 53.3. The lowest BCUT2D eigenvalue weighted by atomic mass is 10.0. The van der Waals surface area contributed by atoms with E-state index in [4.69, 9.17) is 18.9 Å². The topological polar surface area (TPSA) is 111 Å². The highest BCUT2D eigenvalue weighted by atomic mass is 16.7. The van der Waals surface area contributed by atoms with Crippen LogP contribution in [0.5, 0.6) is 0 Å². The van der Waals surface area contributed by atoms with E-state index in [2.05, 4.69) is 38.2 Å². The number of hydrogen-bond donors (Lipinski definition) is 0. The molecule has 0 aliphatic carbocycles. The Balaban J connectivity index is 3.97. The fraction of sp³-hybridized carbons (Fsp3) is 0.900. The van der Waals surface area contributed by atoms with Gasteiger partial charge in [0.15, 0.2) is 12.4 Å². The predicted molar refractivity (Wildman–Crippen MR) is 334 cm³/mol. The maximum atomic E-state index is 12.9. The lowest BCUT2D eigenvalue weighted by Gasteiger charge is -2.26. The van der Waals surface area contributed by atoms with Crippen molar-refractivity contribution < 1.29 is 42.9 Å². The standard InChI is InChI=1S/C70H133NO8/c1-6-8-10-12-14-16-18-20-22-24-26-27-28-29-30-31-32-33-34-35-36-37-38-39-40-41-42-43-45-46-48-50-52-54-56-58-60-67(72)77-64-66(65-78-70(69(74)75)76-63-62-71(3,4)5)79-68(73)61-59-57-55-53-51-49-47-44-25-23-21-19-17-15-13-11-9-7-2/h17,19,23,25,66,70H,6-16,18,20-22,24,26-65H2,1-5H3/b19-17-,25-23-. The molecule has 9 heteroatoms. The molecule has 0 saturated carbocycles. The number of carboxylic acids is 1. The zero-order valence-corrected chi connectivity index (χ0v) is 53.3. The number of likely N-dealkylation sites (N-methyl/N-ethyl adjacent to an activating group) is 1. The van der Waals surface area contributed by atoms with Crippen LogP contribution < -0.4 is 5.11 Å². The van der Waals surface area contributed by atoms with E-state index >= 15 is 0 Å². The molecule has 2 unspecified atom stereocenters. The Morgan fingerprint density at radius 1 is 0.380 bits per heavy atom. The van der Waals surface area contributed by atoms with E-state index < -0.39 is 24.3 Å². The molecule has 0 fully saturated rings. The van der Waals surface area contributed by atoms with Crippen molar-refractivity contribution >= 4 is 17.9 Å². The second-order valence-electron chi connectivity index (χ2n) is 24.8. The molecule has 0 aliphatic heterocycles. The van der Waals surface area contributed by atoms with Crippen LogP contribution in [0.4, 0.5) is 0 Å². The Hall–Kier alpha value is -2.23. The summed E-state index contributed by atoms with van der Waals surface area (Å²) in [4.78, 5) is 37.4. The first-order valence-electron chi connectivity index (χ1n) is 34.5. The number of carbonyl (C=O) groups is 3. The van der Waals surface area contributed by atoms with Crippen LogP contribution >= 0.6 is 0 Å². The normalized spacial score (nSPS) is 12.8. The van der Waals surface area contributed by atoms with Crippen molar-refractivity contribution in [2.75, 3.05) is 47.5 Å². The lowest BCUT2D eigenvalue weighted by Crippen LogP contribution is -2.44. The molecule has 9 nitrogen and oxygen atoms in total. The molecule has 79 heavy (non-hydrogen) atoms. The van der Waals surface area contributed by atoms with Crippen molar-refractivity contribution in [1.82, 2.24) is 0 Å². The Kier molecular flexibility index (Phi) is 60.1. The van der Waals surface area contributed by atoms with E-state index in [0.29, 0.717) is 23.9 Å². The average Bonchev–Trinajstić information content (AvgIpc) is 3.42. The molecule has 0 heterocycles. The number of unbranched alkanes of at least 4 members (excludes halogenated alkanes) is 46. The van der Waals surface area contributed by atoms with Gasteiger partial charge in [-0.05, 0) is 44.9 Å². The summed E-state index contributed by atoms with van der Waals surface area (Å²) in [5, 5.41) is 11.8. The smallest absolute Gasteiger partial charge is 0.306 e. The maximum absolute atomic E-state index is 12.9. The highest BCUT2D eigenvalue weighted by Crippen LogP contribution is 2.19. The third-order valence-electron chi connectivity index (χ3n) is 15.7. The fourth-order valence-corrected chi connectivity index (χ4v) is 10.4. The second kappa shape index (κ2) is 61.8. The molecule has 0 saturated heterocycles. The molecule has 0 aromatic carbocycles. The van der Waals surface area contributed by atoms with Crippen LogP contribution in [0.1, 0.15) is 348 Å². The minimum Gasteiger partial charge on any atom is -0.545 e. The monoisotopic (exact) mass is 1120 g/mol. The minimum absolute atomic E-state index is 0.148. The highest BCUT2D eigenvalue weighted by molar-refractivity contribution is 5.70. The molecule has 466 valence electrons. The number of quaternary nitrogens is 1. The van der Waals surface area contributed by atoms with Gasteiger partial charge >= 0.3 is 11.9 Å². The SMILES string of the molecule is CCCCCC/C=C\C/C=C\CCCCCCCCCC(=O)OC(COC(=O)CCCCCCCCCCCCCCCCCCCCCCCCCCCCCCCCCCCCCC)COC(OCC[N+](C)(C)C)C(=O)[O-]. The van der Waals surface area contributed by atoms with Gasteiger partial charge in [0.1, 0.15) is 13.2 Å². The van der Waals surface area contributed by atoms with Crippen LogP contribution in [0.25, 0.3) is 0 Å². The molecule has 0 radical (unpaired) electrons. The summed E-state index contributed by atoms with van der Waals surface area (Å²) in [5.41, 5.74) is 0. The van der Waals surface area contributed by atoms with Crippen molar-refractivity contribution in [1.29, 1.82) is 0 Å². The van der Waals surface area contributed by atoms with E-state index in [1.807, 2.05) is 21.1 Å². The molecular formula is C70H133NO8. The number of carbonyl (C=O) groups excluding carboxylic acids is 3. The number of nitrogens with zero attached hydrogens (tertiary/aromatic N) is 1. The summed E-state index contributed by atoms with van der Waals surface area (Å²) in [6.45, 7) is 4.78. The largest absolute Gasteiger partial charge is 0.545 e.